The molecule has 1 amide bonds. The standard InChI is InChI=1S/C14H18BrFN2O/c1-17-7-3-4-11(9-17)18(2)14(19)12-8-10(15)5-6-13(12)16/h5-6,8,11H,3-4,7,9H2,1-2H3. The Kier molecular flexibility index (Phi) is 4.58. The maximum atomic E-state index is 13.7. The molecule has 1 saturated heterocycles. The number of piperidine rings is 1. The van der Waals surface area contributed by atoms with Crippen molar-refractivity contribution in [3.8, 4) is 0 Å². The summed E-state index contributed by atoms with van der Waals surface area (Å²) in [6.45, 7) is 1.90. The second-order valence-electron chi connectivity index (χ2n) is 5.10. The average molecular weight is 329 g/mol. The molecule has 0 aliphatic carbocycles. The molecule has 0 radical (unpaired) electrons. The van der Waals surface area contributed by atoms with Crippen LogP contribution in [0.5, 0.6) is 0 Å². The number of carbonyl (C=O) groups excluding carboxylic acids is 1. The van der Waals surface area contributed by atoms with E-state index in [1.807, 2.05) is 7.05 Å². The summed E-state index contributed by atoms with van der Waals surface area (Å²) < 4.78 is 14.5. The quantitative estimate of drug-likeness (QED) is 0.833. The summed E-state index contributed by atoms with van der Waals surface area (Å²) in [4.78, 5) is 16.2. The molecule has 1 aliphatic heterocycles. The molecule has 104 valence electrons. The number of nitrogens with zero attached hydrogens (tertiary/aromatic N) is 2. The smallest absolute Gasteiger partial charge is 0.256 e. The number of halogens is 2. The molecule has 0 bridgehead atoms. The van der Waals surface area contributed by atoms with Crippen molar-refractivity contribution < 1.29 is 9.18 Å². The molecule has 0 spiro atoms. The third kappa shape index (κ3) is 3.34. The molecule has 1 aromatic carbocycles. The van der Waals surface area contributed by atoms with E-state index in [0.29, 0.717) is 4.47 Å². The van der Waals surface area contributed by atoms with Gasteiger partial charge in [-0.15, -0.1) is 0 Å². The van der Waals surface area contributed by atoms with Gasteiger partial charge in [0.15, 0.2) is 0 Å². The first-order valence-corrected chi connectivity index (χ1v) is 7.19. The number of rotatable bonds is 2. The molecule has 1 unspecified atom stereocenters. The van der Waals surface area contributed by atoms with Crippen LogP contribution in [0.15, 0.2) is 22.7 Å². The lowest BCUT2D eigenvalue weighted by atomic mass is 10.0. The summed E-state index contributed by atoms with van der Waals surface area (Å²) in [5.41, 5.74) is 0.130. The maximum absolute atomic E-state index is 13.7. The predicted molar refractivity (Wildman–Crippen MR) is 76.7 cm³/mol. The van der Waals surface area contributed by atoms with Crippen molar-refractivity contribution in [1.29, 1.82) is 0 Å². The Balaban J connectivity index is 2.16. The van der Waals surface area contributed by atoms with Crippen LogP contribution < -0.4 is 0 Å². The first-order chi connectivity index (χ1) is 8.99. The Bertz CT molecular complexity index is 481. The van der Waals surface area contributed by atoms with Crippen LogP contribution in [0.25, 0.3) is 0 Å². The van der Waals surface area contributed by atoms with Crippen molar-refractivity contribution in [3.63, 3.8) is 0 Å². The highest BCUT2D eigenvalue weighted by Crippen LogP contribution is 2.20. The zero-order valence-electron chi connectivity index (χ0n) is 11.2. The van der Waals surface area contributed by atoms with Gasteiger partial charge < -0.3 is 9.80 Å². The molecule has 0 N–H and O–H groups in total. The minimum absolute atomic E-state index is 0.130. The van der Waals surface area contributed by atoms with E-state index in [1.54, 1.807) is 24.1 Å². The molecule has 1 atom stereocenters. The number of benzene rings is 1. The van der Waals surface area contributed by atoms with E-state index < -0.39 is 5.82 Å². The molecule has 0 saturated carbocycles. The number of likely N-dealkylation sites (tertiary alicyclic amines) is 1. The number of likely N-dealkylation sites (N-methyl/N-ethyl adjacent to an activating group) is 2. The molecular weight excluding hydrogens is 311 g/mol. The Labute approximate surface area is 121 Å². The topological polar surface area (TPSA) is 23.6 Å². The van der Waals surface area contributed by atoms with Gasteiger partial charge >= 0.3 is 0 Å². The Morgan fingerprint density at radius 3 is 2.95 bits per heavy atom. The molecule has 1 fully saturated rings. The van der Waals surface area contributed by atoms with Crippen LogP contribution >= 0.6 is 15.9 Å². The summed E-state index contributed by atoms with van der Waals surface area (Å²) in [5, 5.41) is 0. The van der Waals surface area contributed by atoms with E-state index in [-0.39, 0.29) is 17.5 Å². The fourth-order valence-corrected chi connectivity index (χ4v) is 2.83. The van der Waals surface area contributed by atoms with Gasteiger partial charge in [0, 0.05) is 24.1 Å². The van der Waals surface area contributed by atoms with Crippen LogP contribution in [0, 0.1) is 5.82 Å². The highest BCUT2D eigenvalue weighted by Gasteiger charge is 2.26. The maximum Gasteiger partial charge on any atom is 0.256 e. The summed E-state index contributed by atoms with van der Waals surface area (Å²) in [6.07, 6.45) is 2.04. The summed E-state index contributed by atoms with van der Waals surface area (Å²) in [6, 6.07) is 4.61. The Hall–Kier alpha value is -0.940. The lowest BCUT2D eigenvalue weighted by Crippen LogP contribution is -2.47. The molecule has 1 heterocycles. The molecule has 5 heteroatoms. The van der Waals surface area contributed by atoms with Crippen molar-refractivity contribution in [2.45, 2.75) is 18.9 Å². The summed E-state index contributed by atoms with van der Waals surface area (Å²) in [7, 11) is 3.80. The minimum atomic E-state index is -0.468. The molecule has 2 rings (SSSR count). The zero-order chi connectivity index (χ0) is 14.0. The number of amides is 1. The molecule has 1 aromatic rings. The van der Waals surface area contributed by atoms with Gasteiger partial charge in [-0.1, -0.05) is 15.9 Å². The first-order valence-electron chi connectivity index (χ1n) is 6.40. The Morgan fingerprint density at radius 1 is 1.53 bits per heavy atom. The van der Waals surface area contributed by atoms with Crippen molar-refractivity contribution in [1.82, 2.24) is 9.80 Å². The fraction of sp³-hybridized carbons (Fsp3) is 0.500. The van der Waals surface area contributed by atoms with E-state index in [9.17, 15) is 9.18 Å². The lowest BCUT2D eigenvalue weighted by molar-refractivity contribution is 0.0639. The van der Waals surface area contributed by atoms with Crippen molar-refractivity contribution >= 4 is 21.8 Å². The van der Waals surface area contributed by atoms with Crippen LogP contribution in [0.2, 0.25) is 0 Å². The van der Waals surface area contributed by atoms with E-state index in [1.165, 1.54) is 6.07 Å². The lowest BCUT2D eigenvalue weighted by Gasteiger charge is -2.35. The predicted octanol–water partition coefficient (Wildman–Crippen LogP) is 2.75. The van der Waals surface area contributed by atoms with Gasteiger partial charge in [0.25, 0.3) is 5.91 Å². The van der Waals surface area contributed by atoms with Gasteiger partial charge in [-0.2, -0.15) is 0 Å². The molecular formula is C14H18BrFN2O. The van der Waals surface area contributed by atoms with Crippen molar-refractivity contribution in [2.24, 2.45) is 0 Å². The van der Waals surface area contributed by atoms with E-state index in [2.05, 4.69) is 20.8 Å². The van der Waals surface area contributed by atoms with Crippen LogP contribution in [0.4, 0.5) is 4.39 Å². The zero-order valence-corrected chi connectivity index (χ0v) is 12.8. The van der Waals surface area contributed by atoms with E-state index in [4.69, 9.17) is 0 Å². The van der Waals surface area contributed by atoms with Crippen molar-refractivity contribution in [3.05, 3.63) is 34.1 Å². The van der Waals surface area contributed by atoms with Crippen LogP contribution in [-0.4, -0.2) is 48.9 Å². The van der Waals surface area contributed by atoms with E-state index in [0.717, 1.165) is 25.9 Å². The molecule has 0 aromatic heterocycles. The first kappa shape index (κ1) is 14.5. The van der Waals surface area contributed by atoms with Gasteiger partial charge in [-0.05, 0) is 44.6 Å². The summed E-state index contributed by atoms with van der Waals surface area (Å²) >= 11 is 3.27. The van der Waals surface area contributed by atoms with Gasteiger partial charge in [0.1, 0.15) is 5.82 Å². The molecule has 1 aliphatic rings. The van der Waals surface area contributed by atoms with Gasteiger partial charge in [-0.3, -0.25) is 4.79 Å². The third-order valence-corrected chi connectivity index (χ3v) is 4.12. The minimum Gasteiger partial charge on any atom is -0.337 e. The third-order valence-electron chi connectivity index (χ3n) is 3.63. The SMILES string of the molecule is CN1CCCC(N(C)C(=O)c2cc(Br)ccc2F)C1. The largest absolute Gasteiger partial charge is 0.337 e. The number of hydrogen-bond donors (Lipinski definition) is 0. The van der Waals surface area contributed by atoms with E-state index >= 15 is 0 Å². The van der Waals surface area contributed by atoms with Gasteiger partial charge in [0.05, 0.1) is 5.56 Å². The monoisotopic (exact) mass is 328 g/mol. The van der Waals surface area contributed by atoms with Gasteiger partial charge in [-0.25, -0.2) is 4.39 Å². The highest BCUT2D eigenvalue weighted by atomic mass is 79.9. The van der Waals surface area contributed by atoms with Crippen LogP contribution in [0.3, 0.4) is 0 Å². The second-order valence-corrected chi connectivity index (χ2v) is 6.01. The second kappa shape index (κ2) is 6.01. The number of hydrogen-bond acceptors (Lipinski definition) is 2. The van der Waals surface area contributed by atoms with Crippen LogP contribution in [-0.2, 0) is 0 Å². The summed E-state index contributed by atoms with van der Waals surface area (Å²) in [5.74, 6) is -0.719. The average Bonchev–Trinajstić information content (AvgIpc) is 2.40. The Morgan fingerprint density at radius 2 is 2.26 bits per heavy atom. The molecule has 3 nitrogen and oxygen atoms in total. The van der Waals surface area contributed by atoms with Crippen LogP contribution in [0.1, 0.15) is 23.2 Å². The fourth-order valence-electron chi connectivity index (χ4n) is 2.47. The van der Waals surface area contributed by atoms with Crippen molar-refractivity contribution in [2.75, 3.05) is 27.2 Å². The number of carbonyl (C=O) groups is 1. The molecule has 19 heavy (non-hydrogen) atoms. The van der Waals surface area contributed by atoms with Gasteiger partial charge in [0.2, 0.25) is 0 Å². The highest BCUT2D eigenvalue weighted by molar-refractivity contribution is 9.10. The normalized spacial score (nSPS) is 20.3.